The Morgan fingerprint density at radius 2 is 1.73 bits per heavy atom. The molecule has 11 heavy (non-hydrogen) atoms. The normalized spacial score (nSPS) is 17.0. The van der Waals surface area contributed by atoms with E-state index in [-0.39, 0.29) is 0 Å². The average Bonchev–Trinajstić information content (AvgIpc) is 1.86. The van der Waals surface area contributed by atoms with Crippen LogP contribution in [-0.4, -0.2) is 0 Å². The largest absolute Gasteiger partial charge is 0.103 e. The van der Waals surface area contributed by atoms with Gasteiger partial charge in [-0.3, -0.25) is 0 Å². The molecule has 0 saturated heterocycles. The highest BCUT2D eigenvalue weighted by Gasteiger charge is 2.25. The van der Waals surface area contributed by atoms with Gasteiger partial charge in [-0.2, -0.15) is 0 Å². The van der Waals surface area contributed by atoms with Crippen LogP contribution < -0.4 is 0 Å². The van der Waals surface area contributed by atoms with Crippen LogP contribution in [0.4, 0.5) is 0 Å². The second-order valence-electron chi connectivity index (χ2n) is 4.46. The summed E-state index contributed by atoms with van der Waals surface area (Å²) in [5.41, 5.74) is 0.328. The van der Waals surface area contributed by atoms with Crippen LogP contribution in [0.15, 0.2) is 12.7 Å². The third-order valence-corrected chi connectivity index (χ3v) is 2.63. The highest BCUT2D eigenvalue weighted by Crippen LogP contribution is 2.34. The second-order valence-corrected chi connectivity index (χ2v) is 4.46. The highest BCUT2D eigenvalue weighted by atomic mass is 14.3. The lowest BCUT2D eigenvalue weighted by Crippen LogP contribution is -2.22. The molecule has 0 saturated carbocycles. The van der Waals surface area contributed by atoms with Crippen molar-refractivity contribution in [1.29, 1.82) is 0 Å². The fourth-order valence-corrected chi connectivity index (χ4v) is 1.43. The van der Waals surface area contributed by atoms with Crippen molar-refractivity contribution in [2.75, 3.05) is 0 Å². The van der Waals surface area contributed by atoms with Crippen LogP contribution >= 0.6 is 0 Å². The van der Waals surface area contributed by atoms with E-state index in [1.54, 1.807) is 0 Å². The van der Waals surface area contributed by atoms with Crippen molar-refractivity contribution in [3.8, 4) is 0 Å². The third kappa shape index (κ3) is 3.09. The topological polar surface area (TPSA) is 0 Å². The third-order valence-electron chi connectivity index (χ3n) is 2.63. The molecule has 0 fully saturated rings. The predicted molar refractivity (Wildman–Crippen MR) is 52.6 cm³/mol. The molecule has 0 rings (SSSR count). The van der Waals surface area contributed by atoms with Crippen LogP contribution in [0, 0.1) is 17.3 Å². The van der Waals surface area contributed by atoms with E-state index in [1.165, 1.54) is 6.42 Å². The van der Waals surface area contributed by atoms with E-state index in [4.69, 9.17) is 0 Å². The number of rotatable bonds is 4. The molecule has 0 bridgehead atoms. The van der Waals surface area contributed by atoms with Gasteiger partial charge in [-0.1, -0.05) is 40.7 Å². The molecular formula is C11H22. The van der Waals surface area contributed by atoms with Crippen LogP contribution in [0.3, 0.4) is 0 Å². The predicted octanol–water partition coefficient (Wildman–Crippen LogP) is 3.88. The van der Waals surface area contributed by atoms with Crippen molar-refractivity contribution in [2.45, 2.75) is 41.0 Å². The van der Waals surface area contributed by atoms with Gasteiger partial charge in [-0.25, -0.2) is 0 Å². The Morgan fingerprint density at radius 3 is 1.82 bits per heavy atom. The van der Waals surface area contributed by atoms with E-state index < -0.39 is 0 Å². The molecule has 0 aliphatic rings. The van der Waals surface area contributed by atoms with Crippen molar-refractivity contribution in [2.24, 2.45) is 17.3 Å². The van der Waals surface area contributed by atoms with Crippen LogP contribution in [-0.2, 0) is 0 Å². The Kier molecular flexibility index (Phi) is 3.85. The summed E-state index contributed by atoms with van der Waals surface area (Å²) in [7, 11) is 0. The average molecular weight is 154 g/mol. The minimum Gasteiger partial charge on any atom is -0.103 e. The van der Waals surface area contributed by atoms with Gasteiger partial charge >= 0.3 is 0 Å². The number of hydrogen-bond donors (Lipinski definition) is 0. The minimum atomic E-state index is 0.328. The molecule has 0 aliphatic carbocycles. The van der Waals surface area contributed by atoms with Gasteiger partial charge in [-0.15, -0.1) is 6.58 Å². The van der Waals surface area contributed by atoms with Crippen LogP contribution in [0.1, 0.15) is 41.0 Å². The first-order valence-corrected chi connectivity index (χ1v) is 4.56. The second kappa shape index (κ2) is 3.94. The summed E-state index contributed by atoms with van der Waals surface area (Å²) in [5, 5.41) is 0. The summed E-state index contributed by atoms with van der Waals surface area (Å²) in [6, 6.07) is 0. The molecule has 0 N–H and O–H groups in total. The summed E-state index contributed by atoms with van der Waals surface area (Å²) in [6.45, 7) is 15.3. The van der Waals surface area contributed by atoms with Gasteiger partial charge in [0.05, 0.1) is 0 Å². The zero-order valence-electron chi connectivity index (χ0n) is 8.65. The zero-order valence-corrected chi connectivity index (χ0v) is 8.65. The van der Waals surface area contributed by atoms with Gasteiger partial charge in [0.15, 0.2) is 0 Å². The first-order chi connectivity index (χ1) is 4.92. The van der Waals surface area contributed by atoms with Gasteiger partial charge < -0.3 is 0 Å². The first kappa shape index (κ1) is 10.7. The fraction of sp³-hybridized carbons (Fsp3) is 0.818. The van der Waals surface area contributed by atoms with Gasteiger partial charge in [0, 0.05) is 0 Å². The molecule has 0 amide bonds. The van der Waals surface area contributed by atoms with Crippen molar-refractivity contribution in [1.82, 2.24) is 0 Å². The fourth-order valence-electron chi connectivity index (χ4n) is 1.43. The van der Waals surface area contributed by atoms with Gasteiger partial charge in [0.2, 0.25) is 0 Å². The van der Waals surface area contributed by atoms with E-state index in [9.17, 15) is 0 Å². The van der Waals surface area contributed by atoms with E-state index >= 15 is 0 Å². The molecule has 0 aliphatic heterocycles. The quantitative estimate of drug-likeness (QED) is 0.539. The molecule has 0 aromatic rings. The van der Waals surface area contributed by atoms with Crippen molar-refractivity contribution in [3.05, 3.63) is 12.7 Å². The van der Waals surface area contributed by atoms with Crippen LogP contribution in [0.25, 0.3) is 0 Å². The molecule has 0 aromatic carbocycles. The summed E-state index contributed by atoms with van der Waals surface area (Å²) in [6.07, 6.45) is 3.35. The minimum absolute atomic E-state index is 0.328. The maximum absolute atomic E-state index is 3.91. The van der Waals surface area contributed by atoms with Crippen molar-refractivity contribution >= 4 is 0 Å². The van der Waals surface area contributed by atoms with E-state index in [1.807, 2.05) is 0 Å². The molecule has 1 unspecified atom stereocenters. The summed E-state index contributed by atoms with van der Waals surface area (Å²) < 4.78 is 0. The van der Waals surface area contributed by atoms with E-state index in [0.717, 1.165) is 5.92 Å². The molecule has 0 spiro atoms. The van der Waals surface area contributed by atoms with Gasteiger partial charge in [0.25, 0.3) is 0 Å². The summed E-state index contributed by atoms with van der Waals surface area (Å²) >= 11 is 0. The smallest absolute Gasteiger partial charge is 0.0124 e. The molecule has 1 atom stereocenters. The Morgan fingerprint density at radius 1 is 1.27 bits per heavy atom. The molecule has 0 heterocycles. The maximum Gasteiger partial charge on any atom is -0.0124 e. The summed E-state index contributed by atoms with van der Waals surface area (Å²) in [4.78, 5) is 0. The van der Waals surface area contributed by atoms with E-state index in [0.29, 0.717) is 11.3 Å². The Balaban J connectivity index is 4.22. The van der Waals surface area contributed by atoms with Crippen molar-refractivity contribution < 1.29 is 0 Å². The molecule has 0 aromatic heterocycles. The van der Waals surface area contributed by atoms with Gasteiger partial charge in [-0.05, 0) is 23.7 Å². The first-order valence-electron chi connectivity index (χ1n) is 4.56. The van der Waals surface area contributed by atoms with Crippen LogP contribution in [0.5, 0.6) is 0 Å². The molecular weight excluding hydrogens is 132 g/mol. The number of allylic oxidation sites excluding steroid dienone is 1. The Hall–Kier alpha value is -0.260. The lowest BCUT2D eigenvalue weighted by atomic mass is 9.73. The highest BCUT2D eigenvalue weighted by molar-refractivity contribution is 4.93. The van der Waals surface area contributed by atoms with Gasteiger partial charge in [0.1, 0.15) is 0 Å². The van der Waals surface area contributed by atoms with E-state index in [2.05, 4.69) is 47.3 Å². The monoisotopic (exact) mass is 154 g/mol. The molecule has 0 heteroatoms. The maximum atomic E-state index is 3.91. The van der Waals surface area contributed by atoms with Crippen molar-refractivity contribution in [3.63, 3.8) is 0 Å². The lowest BCUT2D eigenvalue weighted by Gasteiger charge is -2.32. The lowest BCUT2D eigenvalue weighted by molar-refractivity contribution is 0.241. The Labute approximate surface area is 71.7 Å². The SMILES string of the molecule is C=CC(C)(CC(C)C)C(C)C. The number of hydrogen-bond acceptors (Lipinski definition) is 0. The Bertz CT molecular complexity index is 122. The van der Waals surface area contributed by atoms with Crippen LogP contribution in [0.2, 0.25) is 0 Å². The standard InChI is InChI=1S/C11H22/c1-7-11(6,10(4)5)8-9(2)3/h7,9-10H,1,8H2,2-6H3. The molecule has 0 nitrogen and oxygen atoms in total. The zero-order chi connectivity index (χ0) is 9.07. The summed E-state index contributed by atoms with van der Waals surface area (Å²) in [5.74, 6) is 1.46. The molecule has 66 valence electrons. The molecule has 0 radical (unpaired) electrons.